The summed E-state index contributed by atoms with van der Waals surface area (Å²) in [4.78, 5) is 2.26. The van der Waals surface area contributed by atoms with Gasteiger partial charge in [-0.3, -0.25) is 0 Å². The zero-order chi connectivity index (χ0) is 17.8. The van der Waals surface area contributed by atoms with Gasteiger partial charge in [0, 0.05) is 32.0 Å². The summed E-state index contributed by atoms with van der Waals surface area (Å²) in [6, 6.07) is 6.84. The first-order valence-corrected chi connectivity index (χ1v) is 10.1. The van der Waals surface area contributed by atoms with Gasteiger partial charge in [-0.15, -0.1) is 10.2 Å². The van der Waals surface area contributed by atoms with Crippen molar-refractivity contribution in [2.75, 3.05) is 37.8 Å². The first-order chi connectivity index (χ1) is 12.8. The maximum atomic E-state index is 13.8. The molecule has 1 aromatic carbocycles. The molecule has 3 heterocycles. The third-order valence-corrected chi connectivity index (χ3v) is 6.04. The van der Waals surface area contributed by atoms with E-state index < -0.39 is 0 Å². The van der Waals surface area contributed by atoms with E-state index in [0.717, 1.165) is 62.3 Å². The second-order valence-electron chi connectivity index (χ2n) is 7.00. The molecule has 0 spiro atoms. The summed E-state index contributed by atoms with van der Waals surface area (Å²) in [5.74, 6) is 0.381. The summed E-state index contributed by atoms with van der Waals surface area (Å²) >= 11 is 1.56. The molecule has 2 saturated heterocycles. The monoisotopic (exact) mass is 377 g/mol. The summed E-state index contributed by atoms with van der Waals surface area (Å²) in [5, 5.41) is 10.3. The van der Waals surface area contributed by atoms with E-state index in [1.54, 1.807) is 23.5 Å². The molecular weight excluding hydrogens is 353 g/mol. The lowest BCUT2D eigenvalue weighted by Crippen LogP contribution is -2.37. The number of hydrogen-bond donors (Lipinski definition) is 0. The minimum absolute atomic E-state index is 0.185. The fourth-order valence-corrected chi connectivity index (χ4v) is 4.36. The Kier molecular flexibility index (Phi) is 5.77. The van der Waals surface area contributed by atoms with Crippen molar-refractivity contribution in [3.8, 4) is 0 Å². The van der Waals surface area contributed by atoms with Crippen LogP contribution in [0.3, 0.4) is 0 Å². The van der Waals surface area contributed by atoms with Crippen LogP contribution in [0.5, 0.6) is 0 Å². The molecule has 0 aliphatic carbocycles. The smallest absolute Gasteiger partial charge is 0.208 e. The average molecular weight is 377 g/mol. The predicted octanol–water partition coefficient (Wildman–Crippen LogP) is 3.29. The zero-order valence-corrected chi connectivity index (χ0v) is 15.6. The van der Waals surface area contributed by atoms with Crippen LogP contribution in [0, 0.1) is 11.7 Å². The first-order valence-electron chi connectivity index (χ1n) is 9.28. The molecule has 4 rings (SSSR count). The molecule has 1 unspecified atom stereocenters. The maximum absolute atomic E-state index is 13.8. The van der Waals surface area contributed by atoms with Crippen LogP contribution in [-0.2, 0) is 15.9 Å². The molecule has 140 valence electrons. The quantitative estimate of drug-likeness (QED) is 0.773. The molecule has 0 saturated carbocycles. The molecule has 1 aromatic heterocycles. The summed E-state index contributed by atoms with van der Waals surface area (Å²) in [5.41, 5.74) is 0.665. The van der Waals surface area contributed by atoms with Gasteiger partial charge in [-0.2, -0.15) is 0 Å². The molecular formula is C19H24FN3O2S. The second-order valence-corrected chi connectivity index (χ2v) is 8.04. The van der Waals surface area contributed by atoms with Crippen molar-refractivity contribution in [1.29, 1.82) is 0 Å². The molecule has 26 heavy (non-hydrogen) atoms. The largest absolute Gasteiger partial charge is 0.381 e. The highest BCUT2D eigenvalue weighted by Crippen LogP contribution is 2.27. The molecule has 5 nitrogen and oxygen atoms in total. The fourth-order valence-electron chi connectivity index (χ4n) is 3.45. The van der Waals surface area contributed by atoms with E-state index in [0.29, 0.717) is 24.0 Å². The van der Waals surface area contributed by atoms with E-state index in [2.05, 4.69) is 15.1 Å². The van der Waals surface area contributed by atoms with Crippen molar-refractivity contribution in [3.63, 3.8) is 0 Å². The number of ether oxygens (including phenoxy) is 2. The summed E-state index contributed by atoms with van der Waals surface area (Å²) in [6.07, 6.45) is 3.96. The highest BCUT2D eigenvalue weighted by molar-refractivity contribution is 7.15. The van der Waals surface area contributed by atoms with Gasteiger partial charge < -0.3 is 14.4 Å². The van der Waals surface area contributed by atoms with Crippen molar-refractivity contribution < 1.29 is 13.9 Å². The maximum Gasteiger partial charge on any atom is 0.208 e. The normalized spacial score (nSPS) is 21.4. The minimum atomic E-state index is -0.185. The second kappa shape index (κ2) is 8.41. The number of anilines is 1. The van der Waals surface area contributed by atoms with Crippen molar-refractivity contribution in [2.24, 2.45) is 5.92 Å². The van der Waals surface area contributed by atoms with Gasteiger partial charge in [0.15, 0.2) is 0 Å². The molecule has 0 amide bonds. The van der Waals surface area contributed by atoms with E-state index >= 15 is 0 Å². The molecule has 0 radical (unpaired) electrons. The number of hydrogen-bond acceptors (Lipinski definition) is 6. The van der Waals surface area contributed by atoms with Gasteiger partial charge >= 0.3 is 0 Å². The van der Waals surface area contributed by atoms with E-state index in [-0.39, 0.29) is 5.82 Å². The lowest BCUT2D eigenvalue weighted by atomic mass is 10.1. The Labute approximate surface area is 157 Å². The third kappa shape index (κ3) is 4.39. The van der Waals surface area contributed by atoms with Gasteiger partial charge in [0.25, 0.3) is 0 Å². The molecule has 1 atom stereocenters. The van der Waals surface area contributed by atoms with Gasteiger partial charge in [-0.1, -0.05) is 29.5 Å². The summed E-state index contributed by atoms with van der Waals surface area (Å²) in [6.45, 7) is 4.39. The first kappa shape index (κ1) is 17.8. The van der Waals surface area contributed by atoms with Gasteiger partial charge in [0.05, 0.1) is 19.3 Å². The highest BCUT2D eigenvalue weighted by Gasteiger charge is 2.24. The van der Waals surface area contributed by atoms with Crippen LogP contribution >= 0.6 is 11.3 Å². The van der Waals surface area contributed by atoms with Gasteiger partial charge in [-0.05, 0) is 30.9 Å². The number of benzene rings is 1. The zero-order valence-electron chi connectivity index (χ0n) is 14.8. The third-order valence-electron chi connectivity index (χ3n) is 5.06. The molecule has 2 aliphatic heterocycles. The Morgan fingerprint density at radius 1 is 1.19 bits per heavy atom. The predicted molar refractivity (Wildman–Crippen MR) is 99.2 cm³/mol. The Morgan fingerprint density at radius 3 is 2.81 bits per heavy atom. The van der Waals surface area contributed by atoms with Crippen molar-refractivity contribution >= 4 is 16.5 Å². The highest BCUT2D eigenvalue weighted by atomic mass is 32.1. The van der Waals surface area contributed by atoms with Crippen LogP contribution in [0.25, 0.3) is 0 Å². The number of nitrogens with zero attached hydrogens (tertiary/aromatic N) is 3. The summed E-state index contributed by atoms with van der Waals surface area (Å²) in [7, 11) is 0. The number of piperidine rings is 1. The Morgan fingerprint density at radius 2 is 2.04 bits per heavy atom. The van der Waals surface area contributed by atoms with Crippen LogP contribution in [0.2, 0.25) is 0 Å². The molecule has 7 heteroatoms. The van der Waals surface area contributed by atoms with Gasteiger partial charge in [-0.25, -0.2) is 4.39 Å². The lowest BCUT2D eigenvalue weighted by Gasteiger charge is -2.31. The standard InChI is InChI=1S/C19H24FN3O2S/c20-17-4-2-1-3-15(17)11-18-21-22-19(26-18)23-8-5-16(6-9-23)25-13-14-7-10-24-12-14/h1-4,14,16H,5-13H2. The molecule has 2 aliphatic rings. The van der Waals surface area contributed by atoms with E-state index in [1.807, 2.05) is 6.07 Å². The van der Waals surface area contributed by atoms with Crippen LogP contribution in [-0.4, -0.2) is 49.2 Å². The van der Waals surface area contributed by atoms with Crippen LogP contribution in [0.1, 0.15) is 29.8 Å². The van der Waals surface area contributed by atoms with E-state index in [9.17, 15) is 4.39 Å². The Bertz CT molecular complexity index is 712. The van der Waals surface area contributed by atoms with Gasteiger partial charge in [0.2, 0.25) is 5.13 Å². The molecule has 0 N–H and O–H groups in total. The molecule has 2 fully saturated rings. The van der Waals surface area contributed by atoms with Crippen molar-refractivity contribution in [2.45, 2.75) is 31.8 Å². The fraction of sp³-hybridized carbons (Fsp3) is 0.579. The number of aromatic nitrogens is 2. The average Bonchev–Trinajstić information content (AvgIpc) is 3.34. The lowest BCUT2D eigenvalue weighted by molar-refractivity contribution is 0.0131. The molecule has 0 bridgehead atoms. The summed E-state index contributed by atoms with van der Waals surface area (Å²) < 4.78 is 25.3. The molecule has 2 aromatic rings. The van der Waals surface area contributed by atoms with E-state index in [1.165, 1.54) is 6.07 Å². The van der Waals surface area contributed by atoms with Crippen LogP contribution < -0.4 is 4.90 Å². The van der Waals surface area contributed by atoms with Crippen LogP contribution in [0.15, 0.2) is 24.3 Å². The van der Waals surface area contributed by atoms with Crippen LogP contribution in [0.4, 0.5) is 9.52 Å². The number of rotatable bonds is 6. The minimum Gasteiger partial charge on any atom is -0.381 e. The Hall–Kier alpha value is -1.57. The SMILES string of the molecule is Fc1ccccc1Cc1nnc(N2CCC(OCC3CCOC3)CC2)s1. The van der Waals surface area contributed by atoms with Crippen molar-refractivity contribution in [1.82, 2.24) is 10.2 Å². The van der Waals surface area contributed by atoms with E-state index in [4.69, 9.17) is 9.47 Å². The number of halogens is 1. The topological polar surface area (TPSA) is 47.5 Å². The van der Waals surface area contributed by atoms with Gasteiger partial charge in [0.1, 0.15) is 10.8 Å². The van der Waals surface area contributed by atoms with Crippen molar-refractivity contribution in [3.05, 3.63) is 40.7 Å². The Balaban J connectivity index is 1.27.